The van der Waals surface area contributed by atoms with Crippen LogP contribution in [0.15, 0.2) is 28.7 Å². The van der Waals surface area contributed by atoms with Gasteiger partial charge in [-0.1, -0.05) is 22.0 Å². The molecule has 0 aliphatic carbocycles. The Morgan fingerprint density at radius 1 is 1.42 bits per heavy atom. The Labute approximate surface area is 118 Å². The van der Waals surface area contributed by atoms with E-state index >= 15 is 0 Å². The number of carbonyl (C=O) groups is 1. The molecule has 0 saturated heterocycles. The lowest BCUT2D eigenvalue weighted by Crippen LogP contribution is -2.24. The minimum absolute atomic E-state index is 0.144. The molecule has 2 heterocycles. The first-order valence-electron chi connectivity index (χ1n) is 6.08. The zero-order chi connectivity index (χ0) is 13.2. The molecule has 0 saturated carbocycles. The molecule has 1 aromatic heterocycles. The third-order valence-corrected chi connectivity index (χ3v) is 3.62. The molecule has 3 N–H and O–H groups in total. The summed E-state index contributed by atoms with van der Waals surface area (Å²) in [6, 6.07) is 7.29. The van der Waals surface area contributed by atoms with Crippen LogP contribution in [0.3, 0.4) is 0 Å². The number of fused-ring (bicyclic) bond motifs is 1. The fourth-order valence-corrected chi connectivity index (χ4v) is 2.56. The van der Waals surface area contributed by atoms with Crippen molar-refractivity contribution in [2.24, 2.45) is 0 Å². The normalized spacial score (nSPS) is 13.9. The number of rotatable bonds is 2. The Kier molecular flexibility index (Phi) is 3.35. The summed E-state index contributed by atoms with van der Waals surface area (Å²) in [4.78, 5) is 12.1. The first kappa shape index (κ1) is 12.4. The van der Waals surface area contributed by atoms with E-state index in [-0.39, 0.29) is 5.91 Å². The average Bonchev–Trinajstić information content (AvgIpc) is 2.82. The van der Waals surface area contributed by atoms with Gasteiger partial charge in [0.15, 0.2) is 5.82 Å². The molecule has 0 radical (unpaired) electrons. The number of carbonyl (C=O) groups excluding carboxylic acids is 1. The lowest BCUT2D eigenvalue weighted by molar-refractivity contribution is 0.102. The van der Waals surface area contributed by atoms with Gasteiger partial charge in [0.25, 0.3) is 5.91 Å². The van der Waals surface area contributed by atoms with Crippen LogP contribution in [0.2, 0.25) is 0 Å². The van der Waals surface area contributed by atoms with Crippen LogP contribution in [0.25, 0.3) is 0 Å². The molecule has 1 aromatic carbocycles. The van der Waals surface area contributed by atoms with Gasteiger partial charge in [0.2, 0.25) is 0 Å². The summed E-state index contributed by atoms with van der Waals surface area (Å²) in [6.45, 7) is 1.68. The van der Waals surface area contributed by atoms with Crippen molar-refractivity contribution in [2.45, 2.75) is 13.0 Å². The Bertz CT molecular complexity index is 623. The number of benzene rings is 1. The number of hydrogen-bond acceptors (Lipinski definition) is 3. The van der Waals surface area contributed by atoms with Crippen LogP contribution in [0, 0.1) is 0 Å². The molecule has 2 aromatic rings. The van der Waals surface area contributed by atoms with E-state index < -0.39 is 0 Å². The summed E-state index contributed by atoms with van der Waals surface area (Å²) in [7, 11) is 0. The second-order valence-electron chi connectivity index (χ2n) is 4.42. The highest BCUT2D eigenvalue weighted by Crippen LogP contribution is 2.21. The molecule has 0 spiro atoms. The summed E-state index contributed by atoms with van der Waals surface area (Å²) < 4.78 is 0.883. The van der Waals surface area contributed by atoms with Gasteiger partial charge in [0.05, 0.1) is 5.69 Å². The van der Waals surface area contributed by atoms with E-state index in [1.54, 1.807) is 12.1 Å². The zero-order valence-electron chi connectivity index (χ0n) is 10.2. The maximum absolute atomic E-state index is 12.1. The smallest absolute Gasteiger partial charge is 0.256 e. The average molecular weight is 321 g/mol. The number of aromatic amines is 1. The minimum Gasteiger partial charge on any atom is -0.311 e. The van der Waals surface area contributed by atoms with Crippen molar-refractivity contribution >= 4 is 27.7 Å². The van der Waals surface area contributed by atoms with Crippen LogP contribution in [0.5, 0.6) is 0 Å². The van der Waals surface area contributed by atoms with E-state index in [4.69, 9.17) is 0 Å². The number of H-pyrrole nitrogens is 1. The van der Waals surface area contributed by atoms with Gasteiger partial charge in [0, 0.05) is 22.1 Å². The van der Waals surface area contributed by atoms with Gasteiger partial charge < -0.3 is 10.6 Å². The van der Waals surface area contributed by atoms with Gasteiger partial charge in [-0.3, -0.25) is 9.89 Å². The molecule has 0 fully saturated rings. The van der Waals surface area contributed by atoms with Crippen molar-refractivity contribution in [3.63, 3.8) is 0 Å². The molecule has 3 rings (SSSR count). The SMILES string of the molecule is O=C(Nc1n[nH]c2c1CCNC2)c1cccc(Br)c1. The van der Waals surface area contributed by atoms with Crippen LogP contribution in [0.4, 0.5) is 5.82 Å². The number of halogens is 1. The molecule has 1 amide bonds. The van der Waals surface area contributed by atoms with Crippen LogP contribution < -0.4 is 10.6 Å². The fraction of sp³-hybridized carbons (Fsp3) is 0.231. The van der Waals surface area contributed by atoms with E-state index in [0.29, 0.717) is 11.4 Å². The minimum atomic E-state index is -0.144. The van der Waals surface area contributed by atoms with E-state index in [0.717, 1.165) is 35.2 Å². The first-order valence-corrected chi connectivity index (χ1v) is 6.87. The maximum atomic E-state index is 12.1. The van der Waals surface area contributed by atoms with Crippen molar-refractivity contribution in [1.82, 2.24) is 15.5 Å². The predicted octanol–water partition coefficient (Wildman–Crippen LogP) is 2.07. The molecule has 1 aliphatic heterocycles. The third-order valence-electron chi connectivity index (χ3n) is 3.13. The van der Waals surface area contributed by atoms with Crippen LogP contribution in [0.1, 0.15) is 21.6 Å². The summed E-state index contributed by atoms with van der Waals surface area (Å²) in [6.07, 6.45) is 0.875. The monoisotopic (exact) mass is 320 g/mol. The Hall–Kier alpha value is -1.66. The van der Waals surface area contributed by atoms with Crippen molar-refractivity contribution < 1.29 is 4.79 Å². The summed E-state index contributed by atoms with van der Waals surface area (Å²) in [5, 5.41) is 13.3. The first-order chi connectivity index (χ1) is 9.24. The zero-order valence-corrected chi connectivity index (χ0v) is 11.8. The summed E-state index contributed by atoms with van der Waals surface area (Å²) in [5.41, 5.74) is 2.76. The van der Waals surface area contributed by atoms with Crippen molar-refractivity contribution in [2.75, 3.05) is 11.9 Å². The summed E-state index contributed by atoms with van der Waals surface area (Å²) >= 11 is 3.36. The highest BCUT2D eigenvalue weighted by atomic mass is 79.9. The van der Waals surface area contributed by atoms with Gasteiger partial charge >= 0.3 is 0 Å². The van der Waals surface area contributed by atoms with Gasteiger partial charge in [-0.15, -0.1) is 0 Å². The highest BCUT2D eigenvalue weighted by molar-refractivity contribution is 9.10. The molecule has 6 heteroatoms. The van der Waals surface area contributed by atoms with Gasteiger partial charge in [-0.2, -0.15) is 5.10 Å². The quantitative estimate of drug-likeness (QED) is 0.793. The molecular weight excluding hydrogens is 308 g/mol. The van der Waals surface area contributed by atoms with Crippen molar-refractivity contribution in [3.8, 4) is 0 Å². The number of nitrogens with zero attached hydrogens (tertiary/aromatic N) is 1. The Morgan fingerprint density at radius 3 is 3.16 bits per heavy atom. The largest absolute Gasteiger partial charge is 0.311 e. The van der Waals surface area contributed by atoms with Gasteiger partial charge in [0.1, 0.15) is 0 Å². The Balaban J connectivity index is 1.82. The number of aromatic nitrogens is 2. The Morgan fingerprint density at radius 2 is 2.32 bits per heavy atom. The van der Waals surface area contributed by atoms with Crippen molar-refractivity contribution in [3.05, 3.63) is 45.6 Å². The molecule has 0 bridgehead atoms. The van der Waals surface area contributed by atoms with Crippen LogP contribution >= 0.6 is 15.9 Å². The van der Waals surface area contributed by atoms with Crippen molar-refractivity contribution in [1.29, 1.82) is 0 Å². The number of nitrogens with one attached hydrogen (secondary N) is 3. The van der Waals surface area contributed by atoms with E-state index in [9.17, 15) is 4.79 Å². The molecule has 5 nitrogen and oxygen atoms in total. The topological polar surface area (TPSA) is 69.8 Å². The second-order valence-corrected chi connectivity index (χ2v) is 5.34. The highest BCUT2D eigenvalue weighted by Gasteiger charge is 2.18. The molecule has 1 aliphatic rings. The predicted molar refractivity (Wildman–Crippen MR) is 76.1 cm³/mol. The van der Waals surface area contributed by atoms with E-state index in [1.165, 1.54) is 0 Å². The third kappa shape index (κ3) is 2.54. The molecular formula is C13H13BrN4O. The maximum Gasteiger partial charge on any atom is 0.256 e. The number of amides is 1. The molecule has 19 heavy (non-hydrogen) atoms. The molecule has 0 atom stereocenters. The van der Waals surface area contributed by atoms with Gasteiger partial charge in [-0.25, -0.2) is 0 Å². The van der Waals surface area contributed by atoms with Crippen LogP contribution in [-0.2, 0) is 13.0 Å². The molecule has 0 unspecified atom stereocenters. The molecule has 98 valence electrons. The number of hydrogen-bond donors (Lipinski definition) is 3. The fourth-order valence-electron chi connectivity index (χ4n) is 2.16. The lowest BCUT2D eigenvalue weighted by atomic mass is 10.1. The van der Waals surface area contributed by atoms with Crippen LogP contribution in [-0.4, -0.2) is 22.6 Å². The van der Waals surface area contributed by atoms with Gasteiger partial charge in [-0.05, 0) is 31.2 Å². The summed E-state index contributed by atoms with van der Waals surface area (Å²) in [5.74, 6) is 0.496. The lowest BCUT2D eigenvalue weighted by Gasteiger charge is -2.13. The standard InChI is InChI=1S/C13H13BrN4O/c14-9-3-1-2-8(6-9)13(19)16-12-10-4-5-15-7-11(10)17-18-12/h1-3,6,15H,4-5,7H2,(H2,16,17,18,19). The number of anilines is 1. The second kappa shape index (κ2) is 5.14. The van der Waals surface area contributed by atoms with E-state index in [1.807, 2.05) is 12.1 Å². The van der Waals surface area contributed by atoms with E-state index in [2.05, 4.69) is 36.8 Å².